The summed E-state index contributed by atoms with van der Waals surface area (Å²) in [4.78, 5) is 8.32. The third-order valence-corrected chi connectivity index (χ3v) is 2.24. The molecule has 4 heteroatoms. The summed E-state index contributed by atoms with van der Waals surface area (Å²) in [7, 11) is 0. The van der Waals surface area contributed by atoms with Crippen LogP contribution in [0.2, 0.25) is 0 Å². The fourth-order valence-electron chi connectivity index (χ4n) is 1.23. The summed E-state index contributed by atoms with van der Waals surface area (Å²) in [5.74, 6) is 2.50. The average Bonchev–Trinajstić information content (AvgIpc) is 2.49. The topological polar surface area (TPSA) is 62.8 Å². The lowest BCUT2D eigenvalue weighted by Crippen LogP contribution is -2.58. The molecular weight excluding hydrogens is 164 g/mol. The quantitative estimate of drug-likeness (QED) is 0.452. The van der Waals surface area contributed by atoms with Crippen LogP contribution in [0.5, 0.6) is 0 Å². The molecule has 0 amide bonds. The van der Waals surface area contributed by atoms with Crippen LogP contribution < -0.4 is 11.1 Å². The highest BCUT2D eigenvalue weighted by Gasteiger charge is 2.41. The standard InChI is InChI=1S/C9H14N4/c1-4-7(10)9(3)8(11-5-2)12-6-13-9/h1,5-8H,10H2,2-3H3,(H,12,13). The molecule has 1 rings (SSSR count). The number of aliphatic imine (C=N–C) groups is 2. The highest BCUT2D eigenvalue weighted by molar-refractivity contribution is 5.62. The Kier molecular flexibility index (Phi) is 2.69. The summed E-state index contributed by atoms with van der Waals surface area (Å²) < 4.78 is 0. The first-order chi connectivity index (χ1) is 6.15. The summed E-state index contributed by atoms with van der Waals surface area (Å²) in [6.07, 6.45) is 8.36. The maximum atomic E-state index is 5.78. The molecule has 0 saturated heterocycles. The molecule has 0 saturated carbocycles. The molecule has 70 valence electrons. The van der Waals surface area contributed by atoms with Crippen LogP contribution >= 0.6 is 0 Å². The summed E-state index contributed by atoms with van der Waals surface area (Å²) in [6.45, 7) is 3.76. The number of nitrogens with two attached hydrogens (primary N) is 1. The van der Waals surface area contributed by atoms with Crippen molar-refractivity contribution in [3.05, 3.63) is 0 Å². The minimum absolute atomic E-state index is 0.219. The zero-order chi connectivity index (χ0) is 9.90. The van der Waals surface area contributed by atoms with Crippen molar-refractivity contribution >= 4 is 12.6 Å². The predicted octanol–water partition coefficient (Wildman–Crippen LogP) is -0.246. The second-order valence-electron chi connectivity index (χ2n) is 3.13. The van der Waals surface area contributed by atoms with Crippen molar-refractivity contribution < 1.29 is 0 Å². The molecule has 0 bridgehead atoms. The largest absolute Gasteiger partial charge is 0.365 e. The third kappa shape index (κ3) is 1.56. The first-order valence-corrected chi connectivity index (χ1v) is 4.14. The first-order valence-electron chi connectivity index (χ1n) is 4.14. The Labute approximate surface area is 78.3 Å². The maximum Gasteiger partial charge on any atom is 0.165 e. The molecule has 0 aromatic heterocycles. The molecule has 0 spiro atoms. The van der Waals surface area contributed by atoms with Crippen LogP contribution in [-0.4, -0.2) is 30.3 Å². The summed E-state index contributed by atoms with van der Waals surface area (Å²) in [6, 6.07) is -0.399. The fourth-order valence-corrected chi connectivity index (χ4v) is 1.23. The maximum absolute atomic E-state index is 5.78. The van der Waals surface area contributed by atoms with Crippen LogP contribution in [0.3, 0.4) is 0 Å². The van der Waals surface area contributed by atoms with Crippen LogP contribution in [0.25, 0.3) is 0 Å². The number of nitrogens with one attached hydrogen (secondary N) is 1. The second kappa shape index (κ2) is 3.58. The molecule has 3 atom stereocenters. The van der Waals surface area contributed by atoms with Gasteiger partial charge in [-0.3, -0.25) is 4.99 Å². The van der Waals surface area contributed by atoms with E-state index in [2.05, 4.69) is 21.2 Å². The molecule has 4 nitrogen and oxygen atoms in total. The van der Waals surface area contributed by atoms with Gasteiger partial charge in [-0.05, 0) is 20.1 Å². The highest BCUT2D eigenvalue weighted by atomic mass is 15.2. The van der Waals surface area contributed by atoms with E-state index in [0.717, 1.165) is 0 Å². The van der Waals surface area contributed by atoms with Crippen molar-refractivity contribution in [1.82, 2.24) is 5.32 Å². The molecule has 0 radical (unpaired) electrons. The third-order valence-electron chi connectivity index (χ3n) is 2.24. The summed E-state index contributed by atoms with van der Waals surface area (Å²) >= 11 is 0. The Balaban J connectivity index is 2.86. The average molecular weight is 178 g/mol. The Hall–Kier alpha value is -1.34. The van der Waals surface area contributed by atoms with Crippen LogP contribution in [0.15, 0.2) is 9.98 Å². The number of rotatable bonds is 2. The molecule has 0 aromatic carbocycles. The number of hydrogen-bond donors (Lipinski definition) is 2. The van der Waals surface area contributed by atoms with Gasteiger partial charge in [0.05, 0.1) is 12.4 Å². The lowest BCUT2D eigenvalue weighted by molar-refractivity contribution is 0.346. The highest BCUT2D eigenvalue weighted by Crippen LogP contribution is 2.20. The van der Waals surface area contributed by atoms with Crippen LogP contribution in [-0.2, 0) is 0 Å². The first kappa shape index (κ1) is 9.75. The van der Waals surface area contributed by atoms with E-state index in [-0.39, 0.29) is 6.17 Å². The Morgan fingerprint density at radius 2 is 2.62 bits per heavy atom. The zero-order valence-corrected chi connectivity index (χ0v) is 7.86. The molecule has 1 heterocycles. The lowest BCUT2D eigenvalue weighted by atomic mass is 9.91. The van der Waals surface area contributed by atoms with E-state index in [1.54, 1.807) is 12.6 Å². The normalized spacial score (nSPS) is 34.5. The van der Waals surface area contributed by atoms with Crippen molar-refractivity contribution in [3.63, 3.8) is 0 Å². The fraction of sp³-hybridized carbons (Fsp3) is 0.556. The molecular formula is C9H14N4. The van der Waals surface area contributed by atoms with Gasteiger partial charge in [-0.15, -0.1) is 6.42 Å². The SMILES string of the molecule is C#CC(N)C1(C)NC=NC1N=CC. The van der Waals surface area contributed by atoms with Crippen LogP contribution in [0.1, 0.15) is 13.8 Å². The van der Waals surface area contributed by atoms with Gasteiger partial charge in [0.1, 0.15) is 5.54 Å². The van der Waals surface area contributed by atoms with Crippen molar-refractivity contribution in [2.45, 2.75) is 31.6 Å². The predicted molar refractivity (Wildman–Crippen MR) is 54.8 cm³/mol. The molecule has 0 aliphatic carbocycles. The zero-order valence-electron chi connectivity index (χ0n) is 7.86. The van der Waals surface area contributed by atoms with E-state index in [1.165, 1.54) is 0 Å². The van der Waals surface area contributed by atoms with E-state index < -0.39 is 11.6 Å². The second-order valence-corrected chi connectivity index (χ2v) is 3.13. The summed E-state index contributed by atoms with van der Waals surface area (Å²) in [5.41, 5.74) is 5.32. The van der Waals surface area contributed by atoms with Crippen LogP contribution in [0.4, 0.5) is 0 Å². The van der Waals surface area contributed by atoms with Crippen molar-refractivity contribution in [2.24, 2.45) is 15.7 Å². The summed E-state index contributed by atoms with van der Waals surface area (Å²) in [5, 5.41) is 3.05. The Bertz CT molecular complexity index is 276. The Morgan fingerprint density at radius 1 is 1.92 bits per heavy atom. The van der Waals surface area contributed by atoms with E-state index in [1.807, 2.05) is 13.8 Å². The van der Waals surface area contributed by atoms with Crippen molar-refractivity contribution in [1.29, 1.82) is 0 Å². The van der Waals surface area contributed by atoms with Gasteiger partial charge in [-0.25, -0.2) is 4.99 Å². The smallest absolute Gasteiger partial charge is 0.165 e. The lowest BCUT2D eigenvalue weighted by Gasteiger charge is -2.31. The van der Waals surface area contributed by atoms with Gasteiger partial charge < -0.3 is 11.1 Å². The van der Waals surface area contributed by atoms with E-state index in [4.69, 9.17) is 12.2 Å². The molecule has 3 N–H and O–H groups in total. The van der Waals surface area contributed by atoms with Gasteiger partial charge in [0.25, 0.3) is 0 Å². The van der Waals surface area contributed by atoms with Gasteiger partial charge >= 0.3 is 0 Å². The van der Waals surface area contributed by atoms with E-state index in [0.29, 0.717) is 0 Å². The number of hydrogen-bond acceptors (Lipinski definition) is 4. The van der Waals surface area contributed by atoms with E-state index in [9.17, 15) is 0 Å². The van der Waals surface area contributed by atoms with Gasteiger partial charge in [-0.2, -0.15) is 0 Å². The van der Waals surface area contributed by atoms with Gasteiger partial charge in [0.15, 0.2) is 6.17 Å². The number of terminal acetylenes is 1. The molecule has 13 heavy (non-hydrogen) atoms. The van der Waals surface area contributed by atoms with Crippen molar-refractivity contribution in [2.75, 3.05) is 0 Å². The van der Waals surface area contributed by atoms with E-state index >= 15 is 0 Å². The minimum Gasteiger partial charge on any atom is -0.365 e. The van der Waals surface area contributed by atoms with Gasteiger partial charge in [0, 0.05) is 0 Å². The minimum atomic E-state index is -0.457. The molecule has 1 aliphatic heterocycles. The van der Waals surface area contributed by atoms with Crippen LogP contribution in [0, 0.1) is 12.3 Å². The van der Waals surface area contributed by atoms with Gasteiger partial charge in [-0.1, -0.05) is 5.92 Å². The number of nitrogens with zero attached hydrogens (tertiary/aromatic N) is 2. The van der Waals surface area contributed by atoms with Gasteiger partial charge in [0.2, 0.25) is 0 Å². The van der Waals surface area contributed by atoms with Crippen molar-refractivity contribution in [3.8, 4) is 12.3 Å². The molecule has 3 unspecified atom stereocenters. The monoisotopic (exact) mass is 178 g/mol. The molecule has 0 fully saturated rings. The Morgan fingerprint density at radius 3 is 3.15 bits per heavy atom. The molecule has 1 aliphatic rings. The molecule has 0 aromatic rings.